The zero-order valence-corrected chi connectivity index (χ0v) is 34.6. The van der Waals surface area contributed by atoms with Crippen molar-refractivity contribution in [2.75, 3.05) is 49.3 Å². The fraction of sp³-hybridized carbons (Fsp3) is 0.308. The molecule has 2 N–H and O–H groups in total. The number of nitrogens with zero attached hydrogens (tertiary/aromatic N) is 9. The predicted molar refractivity (Wildman–Crippen MR) is 212 cm³/mol. The molecule has 7 aromatic rings. The first-order valence-corrected chi connectivity index (χ1v) is 17.8. The molecule has 9 rings (SSSR count). The molecular formula is C39H45ClN11O2W-. The molecule has 0 spiro atoms. The molecule has 282 valence electrons. The molecule has 0 unspecified atom stereocenters. The van der Waals surface area contributed by atoms with Gasteiger partial charge in [-0.2, -0.15) is 0 Å². The molecule has 2 aromatic carbocycles. The number of fused-ring (bicyclic) bond motifs is 2. The maximum absolute atomic E-state index is 6.28. The van der Waals surface area contributed by atoms with Crippen LogP contribution >= 0.6 is 11.6 Å². The van der Waals surface area contributed by atoms with Crippen molar-refractivity contribution in [3.8, 4) is 34.2 Å². The van der Waals surface area contributed by atoms with Gasteiger partial charge in [-0.3, -0.25) is 0 Å². The van der Waals surface area contributed by atoms with Gasteiger partial charge in [-0.05, 0) is 45.0 Å². The van der Waals surface area contributed by atoms with Crippen LogP contribution in [0.1, 0.15) is 21.0 Å². The normalized spacial score (nSPS) is 17.1. The summed E-state index contributed by atoms with van der Waals surface area (Å²) in [7, 11) is 1.89. The van der Waals surface area contributed by atoms with Crippen LogP contribution in [0.15, 0.2) is 73.1 Å². The molecular weight excluding hydrogens is 874 g/mol. The van der Waals surface area contributed by atoms with E-state index in [1.54, 1.807) is 4.68 Å². The van der Waals surface area contributed by atoms with E-state index in [0.717, 1.165) is 74.7 Å². The summed E-state index contributed by atoms with van der Waals surface area (Å²) < 4.78 is 12.9. The van der Waals surface area contributed by atoms with Gasteiger partial charge >= 0.3 is 0 Å². The second-order valence-corrected chi connectivity index (χ2v) is 13.6. The van der Waals surface area contributed by atoms with Crippen LogP contribution in [-0.2, 0) is 37.6 Å². The Morgan fingerprint density at radius 3 is 1.81 bits per heavy atom. The van der Waals surface area contributed by atoms with Crippen LogP contribution in [0, 0.1) is 14.4 Å². The third kappa shape index (κ3) is 7.77. The number of ether oxygens (including phenoxy) is 2. The first-order valence-electron chi connectivity index (χ1n) is 17.5. The summed E-state index contributed by atoms with van der Waals surface area (Å²) >= 11 is 6.28. The van der Waals surface area contributed by atoms with Gasteiger partial charge in [0.05, 0.1) is 49.9 Å². The molecule has 0 aliphatic carbocycles. The molecule has 0 saturated carbocycles. The summed E-state index contributed by atoms with van der Waals surface area (Å²) in [6.45, 7) is 10.6. The fourth-order valence-corrected chi connectivity index (χ4v) is 7.18. The molecule has 7 heterocycles. The van der Waals surface area contributed by atoms with Gasteiger partial charge < -0.3 is 36.7 Å². The molecule has 2 aliphatic heterocycles. The Kier molecular flexibility index (Phi) is 12.1. The Morgan fingerprint density at radius 1 is 0.759 bits per heavy atom. The van der Waals surface area contributed by atoms with Gasteiger partial charge in [0, 0.05) is 100 Å². The Hall–Kier alpha value is -4.68. The smallest absolute Gasteiger partial charge is 0.163 e. The van der Waals surface area contributed by atoms with E-state index >= 15 is 0 Å². The molecule has 15 heteroatoms. The number of halogens is 1. The van der Waals surface area contributed by atoms with Crippen LogP contribution in [-0.4, -0.2) is 96.5 Å². The van der Waals surface area contributed by atoms with Gasteiger partial charge in [0.2, 0.25) is 0 Å². The van der Waals surface area contributed by atoms with Crippen molar-refractivity contribution in [1.82, 2.24) is 44.9 Å². The summed E-state index contributed by atoms with van der Waals surface area (Å²) in [6, 6.07) is 20.7. The molecule has 13 nitrogen and oxygen atoms in total. The summed E-state index contributed by atoms with van der Waals surface area (Å²) in [4.78, 5) is 30.1. The second-order valence-electron chi connectivity index (χ2n) is 13.2. The van der Waals surface area contributed by atoms with Crippen molar-refractivity contribution >= 4 is 45.0 Å². The maximum Gasteiger partial charge on any atom is 0.163 e. The molecule has 0 amide bonds. The summed E-state index contributed by atoms with van der Waals surface area (Å²) in [6.07, 6.45) is 3.86. The minimum atomic E-state index is 0. The number of hydrogen-bond acceptors (Lipinski definition) is 10. The summed E-state index contributed by atoms with van der Waals surface area (Å²) in [5.41, 5.74) is 6.67. The average Bonchev–Trinajstić information content (AvgIpc) is 3.92. The number of aromatic amines is 2. The molecule has 2 saturated heterocycles. The summed E-state index contributed by atoms with van der Waals surface area (Å²) in [5, 5.41) is 11.0. The minimum Gasteiger partial charge on any atom is -0.377 e. The van der Waals surface area contributed by atoms with E-state index in [0.29, 0.717) is 43.2 Å². The molecule has 2 atom stereocenters. The van der Waals surface area contributed by atoms with Crippen LogP contribution in [0.25, 0.3) is 56.0 Å². The Labute approximate surface area is 335 Å². The number of nitrogens with one attached hydrogen (secondary N) is 2. The summed E-state index contributed by atoms with van der Waals surface area (Å²) in [5.74, 6) is 3.09. The van der Waals surface area contributed by atoms with Gasteiger partial charge in [0.1, 0.15) is 22.5 Å². The number of rotatable bonds is 5. The Morgan fingerprint density at radius 2 is 1.30 bits per heavy atom. The van der Waals surface area contributed by atoms with Gasteiger partial charge in [-0.1, -0.05) is 41.1 Å². The van der Waals surface area contributed by atoms with Gasteiger partial charge in [-0.25, -0.2) is 24.6 Å². The molecule has 0 radical (unpaired) electrons. The third-order valence-corrected chi connectivity index (χ3v) is 9.82. The quantitative estimate of drug-likeness (QED) is 0.135. The number of hydrogen-bond donors (Lipinski definition) is 2. The largest absolute Gasteiger partial charge is 0.377 e. The van der Waals surface area contributed by atoms with Crippen molar-refractivity contribution in [2.45, 2.75) is 32.9 Å². The standard InChI is InChI=1S/C21H23N7O.C17H17ClN4O.CH3.W.H2/c1-13-12-29-10-9-28(13)19-11-18(20-14(2)25-26-27(20)3)23-21(24-19)16-5-4-6-17-15(16)7-8-22-17;1-11-10-23-8-7-22(11)16-9-15(18)20-17(21-16)13-3-2-4-14-12(13)5-6-19-14;;;/h4-8,11,13,22H,9-10,12H2,1-3H3;2-6,9,11,19H,7-8,10H2,1H3;1H3;;1H/q;;-1;;/t13-;11-;;;/m11.../s1/i;;;;1+1. The van der Waals surface area contributed by atoms with E-state index in [-0.39, 0.29) is 42.0 Å². The van der Waals surface area contributed by atoms with E-state index in [9.17, 15) is 0 Å². The van der Waals surface area contributed by atoms with E-state index in [2.05, 4.69) is 67.1 Å². The first-order chi connectivity index (χ1) is 25.3. The fourth-order valence-electron chi connectivity index (χ4n) is 7.00. The molecule has 2 aliphatic rings. The van der Waals surface area contributed by atoms with E-state index < -0.39 is 0 Å². The number of anilines is 2. The zero-order chi connectivity index (χ0) is 35.8. The number of H-pyrrole nitrogens is 2. The van der Waals surface area contributed by atoms with E-state index in [1.165, 1.54) is 0 Å². The third-order valence-electron chi connectivity index (χ3n) is 9.63. The monoisotopic (exact) mass is 919 g/mol. The predicted octanol–water partition coefficient (Wildman–Crippen LogP) is 7.15. The second kappa shape index (κ2) is 16.8. The van der Waals surface area contributed by atoms with Crippen LogP contribution in [0.2, 0.25) is 5.15 Å². The Bertz CT molecular complexity index is 2350. The van der Waals surface area contributed by atoms with E-state index in [1.807, 2.05) is 68.8 Å². The zero-order valence-electron chi connectivity index (χ0n) is 31.0. The molecule has 2 fully saturated rings. The van der Waals surface area contributed by atoms with E-state index in [4.69, 9.17) is 36.0 Å². The van der Waals surface area contributed by atoms with Crippen LogP contribution in [0.4, 0.5) is 11.6 Å². The minimum absolute atomic E-state index is 0. The number of morpholine rings is 2. The van der Waals surface area contributed by atoms with Crippen molar-refractivity contribution < 1.29 is 32.0 Å². The van der Waals surface area contributed by atoms with Crippen LogP contribution in [0.5, 0.6) is 0 Å². The van der Waals surface area contributed by atoms with Crippen LogP contribution < -0.4 is 9.80 Å². The van der Waals surface area contributed by atoms with Gasteiger partial charge in [0.25, 0.3) is 0 Å². The molecule has 54 heavy (non-hydrogen) atoms. The number of aryl methyl sites for hydroxylation is 2. The van der Waals surface area contributed by atoms with Crippen molar-refractivity contribution in [3.05, 3.63) is 91.3 Å². The number of benzene rings is 2. The SMILES string of the molecule is C[C@@H]1COCCN1c1cc(Cl)nc(-c2cccc3[nH]ccc23)n1.Cc1nnn(C)c1-c1cc(N2CCOC[C@H]2C)nc(-c2cccc3[nH]ccc23)n1.[2HH].[CH3-].[W]. The topological polar surface area (TPSA) is 139 Å². The molecule has 5 aromatic heterocycles. The Balaban J connectivity index is 0.000000205. The van der Waals surface area contributed by atoms with Crippen molar-refractivity contribution in [1.29, 1.82) is 0 Å². The van der Waals surface area contributed by atoms with Crippen molar-refractivity contribution in [3.63, 3.8) is 0 Å². The van der Waals surface area contributed by atoms with Crippen LogP contribution in [0.3, 0.4) is 0 Å². The maximum atomic E-state index is 6.28. The van der Waals surface area contributed by atoms with Crippen molar-refractivity contribution in [2.24, 2.45) is 7.05 Å². The average molecular weight is 920 g/mol. The number of aromatic nitrogens is 9. The van der Waals surface area contributed by atoms with Gasteiger partial charge in [-0.15, -0.1) is 5.10 Å². The van der Waals surface area contributed by atoms with Gasteiger partial charge in [0.15, 0.2) is 11.6 Å². The first kappa shape index (κ1) is 39.0. The molecule has 0 bridgehead atoms.